The number of aryl methyl sites for hydroxylation is 1. The van der Waals surface area contributed by atoms with Gasteiger partial charge in [0.1, 0.15) is 5.75 Å². The normalized spacial score (nSPS) is 24.2. The Labute approximate surface area is 173 Å². The van der Waals surface area contributed by atoms with Crippen LogP contribution >= 0.6 is 0 Å². The van der Waals surface area contributed by atoms with Gasteiger partial charge < -0.3 is 19.3 Å². The summed E-state index contributed by atoms with van der Waals surface area (Å²) < 4.78 is 11.1. The van der Waals surface area contributed by atoms with E-state index in [1.165, 1.54) is 0 Å². The molecule has 3 aliphatic heterocycles. The number of carbonyl (C=O) groups excluding carboxylic acids is 2. The van der Waals surface area contributed by atoms with Gasteiger partial charge in [-0.25, -0.2) is 0 Å². The van der Waals surface area contributed by atoms with E-state index in [1.807, 2.05) is 34.9 Å². The van der Waals surface area contributed by atoms with Crippen LogP contribution in [0, 0.1) is 12.3 Å². The van der Waals surface area contributed by atoms with Crippen molar-refractivity contribution in [3.8, 4) is 5.75 Å². The standard InChI is InChI=1S/C23H32N2O4/c1-17-5-6-18(14-20(17)28-2)22(27)24-11-9-23(10-12-24)8-7-21(26)25(16-23)15-19-4-3-13-29-19/h5-6,14,19H,3-4,7-13,15-16H2,1-2H3/t19-/m1/s1. The van der Waals surface area contributed by atoms with Crippen molar-refractivity contribution in [1.29, 1.82) is 0 Å². The molecule has 1 spiro atoms. The van der Waals surface area contributed by atoms with E-state index in [4.69, 9.17) is 9.47 Å². The molecule has 1 aromatic carbocycles. The summed E-state index contributed by atoms with van der Waals surface area (Å²) in [6.45, 7) is 5.83. The first-order chi connectivity index (χ1) is 14.0. The van der Waals surface area contributed by atoms with E-state index in [0.717, 1.165) is 76.2 Å². The number of methoxy groups -OCH3 is 1. The summed E-state index contributed by atoms with van der Waals surface area (Å²) in [5.41, 5.74) is 1.86. The fraction of sp³-hybridized carbons (Fsp3) is 0.652. The lowest BCUT2D eigenvalue weighted by Gasteiger charge is -2.47. The lowest BCUT2D eigenvalue weighted by molar-refractivity contribution is -0.141. The van der Waals surface area contributed by atoms with Gasteiger partial charge in [-0.1, -0.05) is 6.07 Å². The van der Waals surface area contributed by atoms with Crippen molar-refractivity contribution >= 4 is 11.8 Å². The highest BCUT2D eigenvalue weighted by atomic mass is 16.5. The predicted octanol–water partition coefficient (Wildman–Crippen LogP) is 3.03. The fourth-order valence-corrected chi connectivity index (χ4v) is 5.03. The number of hydrogen-bond acceptors (Lipinski definition) is 4. The van der Waals surface area contributed by atoms with E-state index in [2.05, 4.69) is 0 Å². The van der Waals surface area contributed by atoms with Crippen molar-refractivity contribution in [1.82, 2.24) is 9.80 Å². The Hall–Kier alpha value is -2.08. The second-order valence-electron chi connectivity index (χ2n) is 8.89. The molecule has 3 saturated heterocycles. The highest BCUT2D eigenvalue weighted by Gasteiger charge is 2.42. The van der Waals surface area contributed by atoms with Crippen LogP contribution in [0.15, 0.2) is 18.2 Å². The lowest BCUT2D eigenvalue weighted by Crippen LogP contribution is -2.53. The van der Waals surface area contributed by atoms with Gasteiger partial charge in [-0.2, -0.15) is 0 Å². The number of piperidine rings is 2. The van der Waals surface area contributed by atoms with Gasteiger partial charge in [0.2, 0.25) is 5.91 Å². The maximum absolute atomic E-state index is 13.0. The number of rotatable bonds is 4. The second kappa shape index (κ2) is 8.34. The van der Waals surface area contributed by atoms with Crippen LogP contribution in [0.25, 0.3) is 0 Å². The average Bonchev–Trinajstić information content (AvgIpc) is 3.24. The van der Waals surface area contributed by atoms with Gasteiger partial charge in [0.25, 0.3) is 5.91 Å². The topological polar surface area (TPSA) is 59.1 Å². The van der Waals surface area contributed by atoms with Gasteiger partial charge in [0, 0.05) is 44.8 Å². The fourth-order valence-electron chi connectivity index (χ4n) is 5.03. The molecule has 6 nitrogen and oxygen atoms in total. The molecule has 3 fully saturated rings. The zero-order valence-corrected chi connectivity index (χ0v) is 17.6. The molecule has 4 rings (SSSR count). The SMILES string of the molecule is COc1cc(C(=O)N2CCC3(CCC(=O)N(C[C@H]4CCCO4)C3)CC2)ccc1C. The highest BCUT2D eigenvalue weighted by Crippen LogP contribution is 2.41. The first-order valence-electron chi connectivity index (χ1n) is 10.8. The van der Waals surface area contributed by atoms with Crippen molar-refractivity contribution in [3.05, 3.63) is 29.3 Å². The van der Waals surface area contributed by atoms with Crippen molar-refractivity contribution in [2.45, 2.75) is 51.6 Å². The first-order valence-corrected chi connectivity index (χ1v) is 10.8. The molecule has 1 aromatic rings. The molecule has 0 radical (unpaired) electrons. The zero-order valence-electron chi connectivity index (χ0n) is 17.6. The van der Waals surface area contributed by atoms with E-state index in [0.29, 0.717) is 12.0 Å². The summed E-state index contributed by atoms with van der Waals surface area (Å²) in [5, 5.41) is 0. The largest absolute Gasteiger partial charge is 0.496 e. The third-order valence-corrected chi connectivity index (χ3v) is 6.96. The summed E-state index contributed by atoms with van der Waals surface area (Å²) >= 11 is 0. The maximum atomic E-state index is 13.0. The third kappa shape index (κ3) is 4.27. The first kappa shape index (κ1) is 20.2. The number of nitrogens with zero attached hydrogens (tertiary/aromatic N) is 2. The molecule has 2 amide bonds. The van der Waals surface area contributed by atoms with E-state index in [-0.39, 0.29) is 23.3 Å². The molecule has 6 heteroatoms. The predicted molar refractivity (Wildman–Crippen MR) is 110 cm³/mol. The molecule has 0 aliphatic carbocycles. The Bertz CT molecular complexity index is 764. The molecule has 1 atom stereocenters. The average molecular weight is 401 g/mol. The number of likely N-dealkylation sites (tertiary alicyclic amines) is 2. The van der Waals surface area contributed by atoms with Crippen LogP contribution < -0.4 is 4.74 Å². The molecule has 0 saturated carbocycles. The maximum Gasteiger partial charge on any atom is 0.253 e. The summed E-state index contributed by atoms with van der Waals surface area (Å²) in [5.74, 6) is 1.08. The van der Waals surface area contributed by atoms with Gasteiger partial charge in [-0.05, 0) is 62.1 Å². The minimum atomic E-state index is 0.0706. The van der Waals surface area contributed by atoms with Crippen LogP contribution in [-0.4, -0.2) is 67.6 Å². The summed E-state index contributed by atoms with van der Waals surface area (Å²) in [4.78, 5) is 29.4. The van der Waals surface area contributed by atoms with Crippen LogP contribution in [0.3, 0.4) is 0 Å². The van der Waals surface area contributed by atoms with Crippen molar-refractivity contribution in [2.75, 3.05) is 39.9 Å². The summed E-state index contributed by atoms with van der Waals surface area (Å²) in [6, 6.07) is 5.66. The zero-order chi connectivity index (χ0) is 20.4. The number of hydrogen-bond donors (Lipinski definition) is 0. The van der Waals surface area contributed by atoms with Crippen molar-refractivity contribution < 1.29 is 19.1 Å². The molecular weight excluding hydrogens is 368 g/mol. The van der Waals surface area contributed by atoms with Gasteiger partial charge in [-0.15, -0.1) is 0 Å². The van der Waals surface area contributed by atoms with Crippen LogP contribution in [0.4, 0.5) is 0 Å². The number of carbonyl (C=O) groups is 2. The molecule has 158 valence electrons. The smallest absolute Gasteiger partial charge is 0.253 e. The molecule has 0 unspecified atom stereocenters. The van der Waals surface area contributed by atoms with Crippen molar-refractivity contribution in [2.24, 2.45) is 5.41 Å². The molecule has 29 heavy (non-hydrogen) atoms. The van der Waals surface area contributed by atoms with Crippen LogP contribution in [0.5, 0.6) is 5.75 Å². The van der Waals surface area contributed by atoms with Gasteiger partial charge in [-0.3, -0.25) is 9.59 Å². The molecule has 0 N–H and O–H groups in total. The quantitative estimate of drug-likeness (QED) is 0.780. The lowest BCUT2D eigenvalue weighted by atomic mass is 9.72. The molecule has 0 bridgehead atoms. The third-order valence-electron chi connectivity index (χ3n) is 6.96. The Morgan fingerprint density at radius 1 is 1.28 bits per heavy atom. The number of ether oxygens (including phenoxy) is 2. The number of amides is 2. The minimum absolute atomic E-state index is 0.0706. The summed E-state index contributed by atoms with van der Waals surface area (Å²) in [7, 11) is 1.63. The Kier molecular flexibility index (Phi) is 5.81. The molecular formula is C23H32N2O4. The van der Waals surface area contributed by atoms with E-state index in [1.54, 1.807) is 7.11 Å². The Balaban J connectivity index is 1.37. The number of benzene rings is 1. The second-order valence-corrected chi connectivity index (χ2v) is 8.89. The van der Waals surface area contributed by atoms with E-state index in [9.17, 15) is 9.59 Å². The van der Waals surface area contributed by atoms with Gasteiger partial charge >= 0.3 is 0 Å². The van der Waals surface area contributed by atoms with Gasteiger partial charge in [0.05, 0.1) is 13.2 Å². The Morgan fingerprint density at radius 3 is 2.76 bits per heavy atom. The molecule has 3 heterocycles. The molecule has 0 aromatic heterocycles. The van der Waals surface area contributed by atoms with Crippen LogP contribution in [-0.2, 0) is 9.53 Å². The van der Waals surface area contributed by atoms with Crippen molar-refractivity contribution in [3.63, 3.8) is 0 Å². The minimum Gasteiger partial charge on any atom is -0.496 e. The van der Waals surface area contributed by atoms with Crippen LogP contribution in [0.2, 0.25) is 0 Å². The van der Waals surface area contributed by atoms with E-state index < -0.39 is 0 Å². The monoisotopic (exact) mass is 400 g/mol. The highest BCUT2D eigenvalue weighted by molar-refractivity contribution is 5.94. The van der Waals surface area contributed by atoms with E-state index >= 15 is 0 Å². The summed E-state index contributed by atoms with van der Waals surface area (Å²) in [6.07, 6.45) is 5.82. The van der Waals surface area contributed by atoms with Crippen LogP contribution in [0.1, 0.15) is 54.4 Å². The van der Waals surface area contributed by atoms with Gasteiger partial charge in [0.15, 0.2) is 0 Å². The molecule has 3 aliphatic rings. The Morgan fingerprint density at radius 2 is 2.07 bits per heavy atom.